The van der Waals surface area contributed by atoms with Gasteiger partial charge in [-0.1, -0.05) is 88.2 Å². The number of amides is 6. The number of Topliss-reactive ketones (excluding diaryl/α,β-unsaturated/α-hetero) is 2. The van der Waals surface area contributed by atoms with Gasteiger partial charge in [-0.25, -0.2) is 26.0 Å². The smallest absolute Gasteiger partial charge is 0.401 e. The van der Waals surface area contributed by atoms with Crippen molar-refractivity contribution in [2.45, 2.75) is 193 Å². The zero-order chi connectivity index (χ0) is 105. The van der Waals surface area contributed by atoms with Gasteiger partial charge in [-0.2, -0.15) is 18.3 Å². The Labute approximate surface area is 867 Å². The molecule has 44 heteroatoms. The quantitative estimate of drug-likeness (QED) is 0.0121. The van der Waals surface area contributed by atoms with Crippen LogP contribution >= 0.6 is 70.0 Å². The van der Waals surface area contributed by atoms with E-state index in [-0.39, 0.29) is 187 Å². The number of rotatable bonds is 31. The van der Waals surface area contributed by atoms with Crippen molar-refractivity contribution >= 4 is 149 Å². The van der Waals surface area contributed by atoms with Crippen LogP contribution in [0.3, 0.4) is 0 Å². The molecule has 10 aromatic rings. The number of aryl methyl sites for hydroxylation is 5. The summed E-state index contributed by atoms with van der Waals surface area (Å²) in [6.07, 6.45) is 4.39. The van der Waals surface area contributed by atoms with Crippen LogP contribution in [0.15, 0.2) is 172 Å². The molecule has 8 bridgehead atoms. The van der Waals surface area contributed by atoms with Crippen LogP contribution in [0.25, 0.3) is 11.0 Å². The van der Waals surface area contributed by atoms with E-state index in [9.17, 15) is 82.3 Å². The number of carbonyl (C=O) groups excluding carboxylic acids is 8. The number of carbonyl (C=O) groups is 8. The van der Waals surface area contributed by atoms with E-state index in [2.05, 4.69) is 52.7 Å². The number of ketones is 2. The molecule has 4 atom stereocenters. The molecule has 8 aromatic carbocycles. The van der Waals surface area contributed by atoms with Crippen LogP contribution in [0, 0.1) is 61.8 Å². The summed E-state index contributed by atoms with van der Waals surface area (Å²) in [5, 5.41) is 26.0. The fourth-order valence-electron chi connectivity index (χ4n) is 22.3. The molecular formula is C103H99Cl5F7N11O19S2. The number of benzene rings is 8. The molecule has 147 heavy (non-hydrogen) atoms. The summed E-state index contributed by atoms with van der Waals surface area (Å²) in [5.41, 5.74) is 1.41. The van der Waals surface area contributed by atoms with Crippen LogP contribution in [-0.4, -0.2) is 175 Å². The highest BCUT2D eigenvalue weighted by Crippen LogP contribution is 2.71. The maximum atomic E-state index is 13.7. The van der Waals surface area contributed by atoms with Gasteiger partial charge in [0.2, 0.25) is 0 Å². The molecule has 3 aliphatic heterocycles. The Balaban J connectivity index is 0.000000129. The minimum absolute atomic E-state index is 0.00268. The van der Waals surface area contributed by atoms with Crippen LogP contribution in [0.4, 0.5) is 42.1 Å². The molecule has 25 rings (SSSR count). The first-order chi connectivity index (χ1) is 69.5. The number of aromatic nitrogens is 2. The van der Waals surface area contributed by atoms with Crippen LogP contribution < -0.4 is 84.4 Å². The highest BCUT2D eigenvalue weighted by molar-refractivity contribution is 8.00. The van der Waals surface area contributed by atoms with Gasteiger partial charge in [-0.15, -0.1) is 0 Å². The molecule has 0 radical (unpaired) electrons. The summed E-state index contributed by atoms with van der Waals surface area (Å²) >= 11 is 31.0. The van der Waals surface area contributed by atoms with Crippen molar-refractivity contribution in [1.82, 2.24) is 47.0 Å². The number of sulfonamides is 1. The molecule has 12 saturated carbocycles. The molecule has 15 aliphatic rings. The SMILES string of the molecule is CSN1CC(C(=O)NC23CC(NC(=O)COc4ccc(Cl)c(F)c4)(C2)C3)Oc2ccc(C)cc21.Cc1ccc(OCC(=O)NC23CC(CC(=O)[C@@H]4C[C@H](NCC(F)(F)F)c5cc(Cl)ccc5O4)(C2)C3)cc1F.Cc1ccc(OCC(=O)NC23CC(CC(=O)c4cc(=O)c5cc(Cl)ccc5o4)(C2)C3)cc1F.Cc1nn(C)cc1S(=O)(=O)N1CC(C(=O)NC23CC(NC(=O)COc4ccc(Cl)c(F)c4)(C2)C3)Oc2ccc(Cl)cc21. The second-order valence-corrected chi connectivity index (χ2v) is 45.1. The van der Waals surface area contributed by atoms with Gasteiger partial charge >= 0.3 is 6.18 Å². The first-order valence-corrected chi connectivity index (χ1v) is 51.5. The van der Waals surface area contributed by atoms with Gasteiger partial charge < -0.3 is 79.1 Å². The molecule has 0 spiro atoms. The maximum Gasteiger partial charge on any atom is 0.401 e. The largest absolute Gasteiger partial charge is 0.484 e. The minimum Gasteiger partial charge on any atom is -0.484 e. The van der Waals surface area contributed by atoms with Crippen molar-refractivity contribution in [3.8, 4) is 40.2 Å². The van der Waals surface area contributed by atoms with Crippen LogP contribution in [0.2, 0.25) is 25.1 Å². The number of fused-ring (bicyclic) bond motifs is 4. The Kier molecular flexibility index (Phi) is 28.7. The van der Waals surface area contributed by atoms with Gasteiger partial charge in [0.25, 0.3) is 45.5 Å². The fraction of sp³-hybridized carbons (Fsp3) is 0.398. The lowest BCUT2D eigenvalue weighted by Crippen LogP contribution is -2.84. The lowest BCUT2D eigenvalue weighted by Gasteiger charge is -2.70. The fourth-order valence-corrected chi connectivity index (χ4v) is 25.3. The molecule has 12 fully saturated rings. The number of alkyl halides is 3. The Bertz CT molecular complexity index is 7110. The Morgan fingerprint density at radius 3 is 1.39 bits per heavy atom. The van der Waals surface area contributed by atoms with E-state index in [4.69, 9.17) is 95.6 Å². The zero-order valence-electron chi connectivity index (χ0n) is 79.8. The predicted molar refractivity (Wildman–Crippen MR) is 531 cm³/mol. The lowest BCUT2D eigenvalue weighted by molar-refractivity contribution is -0.175. The van der Waals surface area contributed by atoms with Gasteiger partial charge in [0.05, 0.1) is 52.1 Å². The molecule has 0 saturated heterocycles. The highest BCUT2D eigenvalue weighted by Gasteiger charge is 2.72. The van der Waals surface area contributed by atoms with E-state index in [1.807, 2.05) is 25.3 Å². The van der Waals surface area contributed by atoms with Crippen molar-refractivity contribution in [2.24, 2.45) is 17.9 Å². The van der Waals surface area contributed by atoms with Crippen molar-refractivity contribution in [3.05, 3.63) is 250 Å². The summed E-state index contributed by atoms with van der Waals surface area (Å²) in [6, 6.07) is 37.2. The number of halogens is 12. The summed E-state index contributed by atoms with van der Waals surface area (Å²) in [6.45, 7) is 4.93. The second kappa shape index (κ2) is 40.3. The minimum atomic E-state index is -4.40. The van der Waals surface area contributed by atoms with Gasteiger partial charge in [-0.05, 0) is 235 Å². The van der Waals surface area contributed by atoms with Crippen molar-refractivity contribution < 1.29 is 115 Å². The number of nitrogens with zero attached hydrogens (tertiary/aromatic N) is 4. The Morgan fingerprint density at radius 2 is 0.918 bits per heavy atom. The number of hydrogen-bond donors (Lipinski definition) is 7. The molecule has 6 amide bonds. The van der Waals surface area contributed by atoms with Gasteiger partial charge in [0.15, 0.2) is 67.5 Å². The van der Waals surface area contributed by atoms with Gasteiger partial charge in [0.1, 0.15) is 74.0 Å². The average Bonchev–Trinajstić information content (AvgIpc) is 1.13. The van der Waals surface area contributed by atoms with Crippen LogP contribution in [0.1, 0.15) is 141 Å². The first-order valence-electron chi connectivity index (χ1n) is 46.9. The molecule has 776 valence electrons. The predicted octanol–water partition coefficient (Wildman–Crippen LogP) is 16.5. The molecule has 2 unspecified atom stereocenters. The first kappa shape index (κ1) is 105. The summed E-state index contributed by atoms with van der Waals surface area (Å²) in [7, 11) is -2.48. The molecule has 5 heterocycles. The highest BCUT2D eigenvalue weighted by atomic mass is 35.5. The third-order valence-electron chi connectivity index (χ3n) is 28.4. The number of ether oxygens (including phenoxy) is 7. The maximum absolute atomic E-state index is 13.7. The molecular weight excluding hydrogens is 2070 g/mol. The summed E-state index contributed by atoms with van der Waals surface area (Å²) in [4.78, 5) is 114. The van der Waals surface area contributed by atoms with E-state index in [1.165, 1.54) is 71.5 Å². The third-order valence-corrected chi connectivity index (χ3v) is 32.4. The van der Waals surface area contributed by atoms with E-state index < -0.39 is 81.5 Å². The monoisotopic (exact) mass is 2170 g/mol. The number of anilines is 2. The molecule has 12 aliphatic carbocycles. The Hall–Kier alpha value is -12.2. The summed E-state index contributed by atoms with van der Waals surface area (Å²) < 4.78 is 170. The average molecular weight is 2170 g/mol. The third kappa shape index (κ3) is 22.7. The Morgan fingerprint density at radius 1 is 0.490 bits per heavy atom. The van der Waals surface area contributed by atoms with Crippen molar-refractivity contribution in [3.63, 3.8) is 0 Å². The molecule has 7 N–H and O–H groups in total. The zero-order valence-corrected chi connectivity index (χ0v) is 85.2. The number of hydrogen-bond acceptors (Lipinski definition) is 23. The van der Waals surface area contributed by atoms with Crippen molar-refractivity contribution in [1.29, 1.82) is 0 Å². The summed E-state index contributed by atoms with van der Waals surface area (Å²) in [5.74, 6) is -2.04. The van der Waals surface area contributed by atoms with E-state index >= 15 is 0 Å². The lowest BCUT2D eigenvalue weighted by atomic mass is 9.38. The molecule has 2 aromatic heterocycles. The van der Waals surface area contributed by atoms with Crippen LogP contribution in [0.5, 0.6) is 40.2 Å². The van der Waals surface area contributed by atoms with E-state index in [0.29, 0.717) is 149 Å². The standard InChI is InChI=1S/C27H26Cl2FN5O6S.C27H27ClF4N2O4.C25H21ClFNO5.C24H25ClFN3O4S/c1-15-23(10-34(2)33-15)42(38,39)35-9-22(41-21-6-3-16(28)7-20(21)35)25(37)32-27-12-26(13-27,14-27)31-24(36)11-40-17-4-5-18(29)19(30)8-17;1-15-2-4-17(7-19(15)29)37-10-24(36)34-26-11-25(12-26,13-26)9-21(35)23-8-20(33-14-27(30,31)32)18-6-16(28)3-5-22(18)38-23;1-14-2-4-16(7-18(14)27)32-10-23(31)28-25-11-24(12-25,13-25)9-20(30)22-8-19(29)17-6-15(26)3-5-21(17)33-22;1-14-3-6-19-18(7-14)29(34-2)9-20(33-19)22(31)28-24-11-23(12-24,13-24)27-21(30)10-32-15-4-5-16(25)17(26)8-15/h3-8,10,22H,9,11-14H2,1-2H3,(H,31,36)(H,32,37);2-7,20,23,33H,8-14H2,1H3,(H,34,36);2-8H,9-13H2,1H3,(H,28,31);3-8,20H,9-13H2,1-2H3,(H,27,30)(H,28,31)/t;20-,23-,25?,26?;;/m.0../s1. The van der Waals surface area contributed by atoms with E-state index in [1.54, 1.807) is 100 Å². The number of nitrogens with one attached hydrogen (secondary N) is 7. The topological polar surface area (TPSA) is 374 Å². The molecule has 30 nitrogen and oxygen atoms in total. The van der Waals surface area contributed by atoms with Crippen LogP contribution in [-0.2, 0) is 50.6 Å². The second-order valence-electron chi connectivity index (χ2n) is 40.4. The normalized spacial score (nSPS) is 25.2. The van der Waals surface area contributed by atoms with Gasteiger partial charge in [-0.3, -0.25) is 52.1 Å². The van der Waals surface area contributed by atoms with E-state index in [0.717, 1.165) is 27.7 Å². The van der Waals surface area contributed by atoms with Crippen molar-refractivity contribution in [2.75, 3.05) is 60.9 Å². The van der Waals surface area contributed by atoms with Gasteiger partial charge in [0, 0.05) is 129 Å².